The van der Waals surface area contributed by atoms with Crippen LogP contribution in [0.25, 0.3) is 5.57 Å². The highest BCUT2D eigenvalue weighted by atomic mass is 35.5. The Labute approximate surface area is 139 Å². The molecule has 2 aromatic carbocycles. The molecule has 0 amide bonds. The van der Waals surface area contributed by atoms with E-state index in [0.717, 1.165) is 11.1 Å². The van der Waals surface area contributed by atoms with Crippen LogP contribution in [0.5, 0.6) is 0 Å². The number of nitrogens with zero attached hydrogens (tertiary/aromatic N) is 1. The van der Waals surface area contributed by atoms with Gasteiger partial charge in [-0.2, -0.15) is 5.26 Å². The van der Waals surface area contributed by atoms with E-state index in [0.29, 0.717) is 15.6 Å². The lowest BCUT2D eigenvalue weighted by atomic mass is 9.96. The maximum absolute atomic E-state index is 9.41. The summed E-state index contributed by atoms with van der Waals surface area (Å²) >= 11 is 11.8. The number of benzene rings is 2. The molecule has 1 heterocycles. The van der Waals surface area contributed by atoms with Crippen molar-refractivity contribution in [1.82, 2.24) is 0 Å². The molecule has 2 aromatic rings. The molecule has 2 atom stereocenters. The summed E-state index contributed by atoms with van der Waals surface area (Å²) in [6.45, 7) is 1.97. The highest BCUT2D eigenvalue weighted by Gasteiger charge is 2.51. The first kappa shape index (κ1) is 15.1. The van der Waals surface area contributed by atoms with E-state index in [1.54, 1.807) is 12.1 Å². The topological polar surface area (TPSA) is 36.3 Å². The highest BCUT2D eigenvalue weighted by Crippen LogP contribution is 2.51. The van der Waals surface area contributed by atoms with E-state index in [9.17, 15) is 5.26 Å². The first-order chi connectivity index (χ1) is 10.5. The zero-order chi connectivity index (χ0) is 15.7. The molecule has 1 fully saturated rings. The minimum atomic E-state index is -0.474. The van der Waals surface area contributed by atoms with Crippen LogP contribution in [0.1, 0.15) is 24.2 Å². The van der Waals surface area contributed by atoms with E-state index in [1.165, 1.54) is 0 Å². The summed E-state index contributed by atoms with van der Waals surface area (Å²) in [5.41, 5.74) is 1.99. The predicted molar refractivity (Wildman–Crippen MR) is 88.7 cm³/mol. The fourth-order valence-corrected chi connectivity index (χ4v) is 2.71. The van der Waals surface area contributed by atoms with Crippen molar-refractivity contribution in [3.05, 3.63) is 75.8 Å². The van der Waals surface area contributed by atoms with Gasteiger partial charge in [-0.1, -0.05) is 47.5 Å². The Balaban J connectivity index is 1.86. The van der Waals surface area contributed by atoms with Gasteiger partial charge in [0.25, 0.3) is 0 Å². The molecule has 0 spiro atoms. The molecule has 3 rings (SSSR count). The van der Waals surface area contributed by atoms with Gasteiger partial charge in [-0.3, -0.25) is 0 Å². The Kier molecular flexibility index (Phi) is 3.97. The number of allylic oxidation sites excluding steroid dienone is 1. The van der Waals surface area contributed by atoms with Gasteiger partial charge in [-0.15, -0.1) is 0 Å². The van der Waals surface area contributed by atoms with Gasteiger partial charge < -0.3 is 4.74 Å². The molecule has 4 heteroatoms. The average molecular weight is 330 g/mol. The number of halogens is 2. The van der Waals surface area contributed by atoms with Crippen LogP contribution in [-0.4, -0.2) is 5.60 Å². The number of epoxide rings is 1. The van der Waals surface area contributed by atoms with Crippen molar-refractivity contribution in [2.24, 2.45) is 0 Å². The Morgan fingerprint density at radius 2 is 1.64 bits per heavy atom. The smallest absolute Gasteiger partial charge is 0.116 e. The van der Waals surface area contributed by atoms with Gasteiger partial charge in [0.1, 0.15) is 11.7 Å². The van der Waals surface area contributed by atoms with E-state index in [4.69, 9.17) is 27.9 Å². The Hall–Kier alpha value is -1.79. The molecule has 0 radical (unpaired) electrons. The summed E-state index contributed by atoms with van der Waals surface area (Å²) < 4.78 is 5.81. The third-order valence-corrected chi connectivity index (χ3v) is 4.22. The van der Waals surface area contributed by atoms with Gasteiger partial charge >= 0.3 is 0 Å². The highest BCUT2D eigenvalue weighted by molar-refractivity contribution is 6.30. The lowest BCUT2D eigenvalue weighted by Crippen LogP contribution is -2.02. The van der Waals surface area contributed by atoms with Gasteiger partial charge in [0.05, 0.1) is 11.6 Å². The zero-order valence-corrected chi connectivity index (χ0v) is 13.4. The molecule has 1 aliphatic rings. The van der Waals surface area contributed by atoms with Crippen molar-refractivity contribution in [3.63, 3.8) is 0 Å². The fourth-order valence-electron chi connectivity index (χ4n) is 2.46. The SMILES string of the molecule is C[C@]1(/C=C(\C#N)c2ccc(Cl)cc2)O[C@H]1c1ccc(Cl)cc1. The Morgan fingerprint density at radius 1 is 1.09 bits per heavy atom. The maximum Gasteiger partial charge on any atom is 0.116 e. The van der Waals surface area contributed by atoms with E-state index in [-0.39, 0.29) is 6.10 Å². The minimum absolute atomic E-state index is 0.0552. The van der Waals surface area contributed by atoms with Crippen LogP contribution < -0.4 is 0 Å². The molecule has 0 saturated carbocycles. The first-order valence-electron chi connectivity index (χ1n) is 6.84. The number of ether oxygens (including phenoxy) is 1. The van der Waals surface area contributed by atoms with Crippen molar-refractivity contribution >= 4 is 28.8 Å². The van der Waals surface area contributed by atoms with E-state index >= 15 is 0 Å². The standard InChI is InChI=1S/C18H13Cl2NO/c1-18(17(22-18)13-4-8-16(20)9-5-13)10-14(11-21)12-2-6-15(19)7-3-12/h2-10,17H,1H3/b14-10+/t17-,18+/m0/s1. The summed E-state index contributed by atoms with van der Waals surface area (Å²) in [4.78, 5) is 0. The molecule has 0 aromatic heterocycles. The fraction of sp³-hybridized carbons (Fsp3) is 0.167. The summed E-state index contributed by atoms with van der Waals surface area (Å²) in [7, 11) is 0. The second-order valence-corrected chi connectivity index (χ2v) is 6.28. The summed E-state index contributed by atoms with van der Waals surface area (Å²) in [6, 6.07) is 17.0. The molecular formula is C18H13Cl2NO. The lowest BCUT2D eigenvalue weighted by Gasteiger charge is -2.04. The van der Waals surface area contributed by atoms with Gasteiger partial charge in [0, 0.05) is 10.0 Å². The zero-order valence-electron chi connectivity index (χ0n) is 11.9. The van der Waals surface area contributed by atoms with E-state index < -0.39 is 5.60 Å². The molecule has 0 unspecified atom stereocenters. The largest absolute Gasteiger partial charge is 0.357 e. The molecular weight excluding hydrogens is 317 g/mol. The quantitative estimate of drug-likeness (QED) is 0.556. The second-order valence-electron chi connectivity index (χ2n) is 5.41. The second kappa shape index (κ2) is 5.78. The van der Waals surface area contributed by atoms with Crippen LogP contribution in [0, 0.1) is 11.3 Å². The van der Waals surface area contributed by atoms with Crippen LogP contribution in [0.3, 0.4) is 0 Å². The van der Waals surface area contributed by atoms with Crippen LogP contribution in [0.4, 0.5) is 0 Å². The summed E-state index contributed by atoms with van der Waals surface area (Å²) in [5, 5.41) is 10.8. The molecule has 22 heavy (non-hydrogen) atoms. The van der Waals surface area contributed by atoms with Gasteiger partial charge in [0.2, 0.25) is 0 Å². The molecule has 1 saturated heterocycles. The van der Waals surface area contributed by atoms with Crippen LogP contribution in [0.15, 0.2) is 54.6 Å². The summed E-state index contributed by atoms with van der Waals surface area (Å²) in [5.74, 6) is 0. The molecule has 0 N–H and O–H groups in total. The number of hydrogen-bond acceptors (Lipinski definition) is 2. The van der Waals surface area contributed by atoms with Gasteiger partial charge in [0.15, 0.2) is 0 Å². The van der Waals surface area contributed by atoms with Crippen molar-refractivity contribution in [2.75, 3.05) is 0 Å². The molecule has 1 aliphatic heterocycles. The maximum atomic E-state index is 9.41. The van der Waals surface area contributed by atoms with Crippen LogP contribution in [-0.2, 0) is 4.74 Å². The normalized spacial score (nSPS) is 23.9. The van der Waals surface area contributed by atoms with Crippen LogP contribution >= 0.6 is 23.2 Å². The molecule has 110 valence electrons. The van der Waals surface area contributed by atoms with Crippen molar-refractivity contribution in [1.29, 1.82) is 5.26 Å². The summed E-state index contributed by atoms with van der Waals surface area (Å²) in [6.07, 6.45) is 1.82. The van der Waals surface area contributed by atoms with Crippen LogP contribution in [0.2, 0.25) is 10.0 Å². The first-order valence-corrected chi connectivity index (χ1v) is 7.59. The lowest BCUT2D eigenvalue weighted by molar-refractivity contribution is 0.345. The number of hydrogen-bond donors (Lipinski definition) is 0. The van der Waals surface area contributed by atoms with Crippen molar-refractivity contribution in [3.8, 4) is 6.07 Å². The van der Waals surface area contributed by atoms with E-state index in [1.807, 2.05) is 49.4 Å². The number of nitriles is 1. The predicted octanol–water partition coefficient (Wildman–Crippen LogP) is 5.43. The van der Waals surface area contributed by atoms with Crippen molar-refractivity contribution in [2.45, 2.75) is 18.6 Å². The third-order valence-electron chi connectivity index (χ3n) is 3.71. The van der Waals surface area contributed by atoms with Gasteiger partial charge in [-0.25, -0.2) is 0 Å². The number of rotatable bonds is 3. The molecule has 0 aliphatic carbocycles. The Morgan fingerprint density at radius 3 is 2.18 bits per heavy atom. The Bertz CT molecular complexity index is 759. The molecule has 0 bridgehead atoms. The average Bonchev–Trinajstić information content (AvgIpc) is 3.18. The third kappa shape index (κ3) is 3.03. The monoisotopic (exact) mass is 329 g/mol. The minimum Gasteiger partial charge on any atom is -0.357 e. The van der Waals surface area contributed by atoms with E-state index in [2.05, 4.69) is 6.07 Å². The molecule has 2 nitrogen and oxygen atoms in total. The van der Waals surface area contributed by atoms with Gasteiger partial charge in [-0.05, 0) is 48.4 Å². The van der Waals surface area contributed by atoms with Crippen molar-refractivity contribution < 1.29 is 4.74 Å².